The lowest BCUT2D eigenvalue weighted by Crippen LogP contribution is -2.17. The summed E-state index contributed by atoms with van der Waals surface area (Å²) in [5, 5.41) is 2.79. The van der Waals surface area contributed by atoms with Crippen molar-refractivity contribution in [1.82, 2.24) is 9.38 Å². The molecule has 0 atom stereocenters. The summed E-state index contributed by atoms with van der Waals surface area (Å²) in [6.07, 6.45) is 3.24. The highest BCUT2D eigenvalue weighted by Gasteiger charge is 2.00. The van der Waals surface area contributed by atoms with E-state index in [1.165, 1.54) is 10.6 Å². The second-order valence-electron chi connectivity index (χ2n) is 2.66. The third-order valence-electron chi connectivity index (χ3n) is 1.88. The van der Waals surface area contributed by atoms with Crippen LogP contribution in [0.2, 0.25) is 0 Å². The van der Waals surface area contributed by atoms with E-state index in [9.17, 15) is 4.79 Å². The van der Waals surface area contributed by atoms with Gasteiger partial charge in [-0.05, 0) is 12.1 Å². The van der Waals surface area contributed by atoms with Crippen molar-refractivity contribution in [1.29, 1.82) is 0 Å². The normalized spacial score (nSPS) is 10.2. The Kier molecular flexibility index (Phi) is 1.73. The second-order valence-corrected chi connectivity index (χ2v) is 2.66. The Balaban J connectivity index is 2.87. The molecule has 2 aromatic heterocycles. The van der Waals surface area contributed by atoms with Gasteiger partial charge < -0.3 is 5.32 Å². The number of aromatic nitrogens is 2. The molecule has 4 heteroatoms. The van der Waals surface area contributed by atoms with Gasteiger partial charge in [-0.2, -0.15) is 0 Å². The number of anilines is 1. The minimum absolute atomic E-state index is 0.0758. The van der Waals surface area contributed by atoms with Crippen molar-refractivity contribution in [2.45, 2.75) is 0 Å². The first kappa shape index (κ1) is 7.79. The van der Waals surface area contributed by atoms with E-state index in [1.54, 1.807) is 25.4 Å². The maximum atomic E-state index is 11.6. The monoisotopic (exact) mass is 175 g/mol. The van der Waals surface area contributed by atoms with Crippen molar-refractivity contribution >= 4 is 11.3 Å². The summed E-state index contributed by atoms with van der Waals surface area (Å²) >= 11 is 0. The summed E-state index contributed by atoms with van der Waals surface area (Å²) in [5.41, 5.74) is 1.09. The molecule has 13 heavy (non-hydrogen) atoms. The Bertz CT molecular complexity index is 489. The molecular weight excluding hydrogens is 166 g/mol. The Morgan fingerprint density at radius 2 is 2.31 bits per heavy atom. The van der Waals surface area contributed by atoms with Crippen molar-refractivity contribution in [2.24, 2.45) is 0 Å². The van der Waals surface area contributed by atoms with Gasteiger partial charge in [0.25, 0.3) is 5.56 Å². The summed E-state index contributed by atoms with van der Waals surface area (Å²) in [6, 6.07) is 5.44. The topological polar surface area (TPSA) is 46.4 Å². The van der Waals surface area contributed by atoms with Gasteiger partial charge >= 0.3 is 0 Å². The molecule has 66 valence electrons. The molecule has 4 nitrogen and oxygen atoms in total. The van der Waals surface area contributed by atoms with Crippen molar-refractivity contribution in [3.63, 3.8) is 0 Å². The molecule has 0 aliphatic carbocycles. The van der Waals surface area contributed by atoms with E-state index in [1.807, 2.05) is 6.07 Å². The standard InChI is InChI=1S/C9H9N3O/c1-10-7-6-11-8-4-2-3-5-12(8)9(7)13/h2-6,10H,1H3. The van der Waals surface area contributed by atoms with Crippen LogP contribution in [0.4, 0.5) is 5.69 Å². The van der Waals surface area contributed by atoms with E-state index >= 15 is 0 Å². The third kappa shape index (κ3) is 1.16. The van der Waals surface area contributed by atoms with Gasteiger partial charge in [0.2, 0.25) is 0 Å². The lowest BCUT2D eigenvalue weighted by molar-refractivity contribution is 1.04. The summed E-state index contributed by atoms with van der Waals surface area (Å²) in [5.74, 6) is 0. The van der Waals surface area contributed by atoms with Crippen LogP contribution < -0.4 is 10.9 Å². The highest BCUT2D eigenvalue weighted by Crippen LogP contribution is 1.99. The minimum Gasteiger partial charge on any atom is -0.382 e. The molecule has 2 aromatic rings. The number of fused-ring (bicyclic) bond motifs is 1. The molecule has 0 radical (unpaired) electrons. The van der Waals surface area contributed by atoms with Crippen molar-refractivity contribution in [2.75, 3.05) is 12.4 Å². The predicted octanol–water partition coefficient (Wildman–Crippen LogP) is 0.736. The molecule has 0 bridgehead atoms. The predicted molar refractivity (Wildman–Crippen MR) is 51.0 cm³/mol. The molecule has 0 aliphatic heterocycles. The van der Waals surface area contributed by atoms with Gasteiger partial charge in [0.1, 0.15) is 11.3 Å². The SMILES string of the molecule is CNc1cnc2ccccn2c1=O. The van der Waals surface area contributed by atoms with Crippen LogP contribution in [0.5, 0.6) is 0 Å². The molecule has 0 spiro atoms. The molecule has 0 saturated heterocycles. The first-order valence-electron chi connectivity index (χ1n) is 3.97. The zero-order valence-electron chi connectivity index (χ0n) is 7.19. The number of hydrogen-bond acceptors (Lipinski definition) is 3. The molecular formula is C9H9N3O. The van der Waals surface area contributed by atoms with Crippen molar-refractivity contribution in [3.8, 4) is 0 Å². The smallest absolute Gasteiger partial charge is 0.281 e. The molecule has 2 heterocycles. The zero-order chi connectivity index (χ0) is 9.26. The van der Waals surface area contributed by atoms with Gasteiger partial charge in [-0.25, -0.2) is 4.98 Å². The van der Waals surface area contributed by atoms with Crippen LogP contribution in [0.1, 0.15) is 0 Å². The first-order valence-corrected chi connectivity index (χ1v) is 3.97. The van der Waals surface area contributed by atoms with Gasteiger partial charge in [-0.15, -0.1) is 0 Å². The van der Waals surface area contributed by atoms with Crippen LogP contribution in [0.3, 0.4) is 0 Å². The Morgan fingerprint density at radius 3 is 3.08 bits per heavy atom. The average molecular weight is 175 g/mol. The third-order valence-corrected chi connectivity index (χ3v) is 1.88. The Hall–Kier alpha value is -1.84. The van der Waals surface area contributed by atoms with Crippen LogP contribution in [0.15, 0.2) is 35.4 Å². The lowest BCUT2D eigenvalue weighted by Gasteiger charge is -2.01. The van der Waals surface area contributed by atoms with E-state index < -0.39 is 0 Å². The van der Waals surface area contributed by atoms with Gasteiger partial charge in [0.15, 0.2) is 0 Å². The number of nitrogens with zero attached hydrogens (tertiary/aromatic N) is 2. The van der Waals surface area contributed by atoms with Crippen LogP contribution in [-0.4, -0.2) is 16.4 Å². The zero-order valence-corrected chi connectivity index (χ0v) is 7.19. The van der Waals surface area contributed by atoms with Crippen molar-refractivity contribution in [3.05, 3.63) is 40.9 Å². The number of hydrogen-bond donors (Lipinski definition) is 1. The molecule has 0 saturated carbocycles. The number of pyridine rings is 1. The summed E-state index contributed by atoms with van der Waals surface area (Å²) < 4.78 is 1.51. The molecule has 0 aliphatic rings. The fourth-order valence-electron chi connectivity index (χ4n) is 1.20. The van der Waals surface area contributed by atoms with Crippen LogP contribution in [-0.2, 0) is 0 Å². The van der Waals surface area contributed by atoms with Crippen LogP contribution in [0, 0.1) is 0 Å². The summed E-state index contributed by atoms with van der Waals surface area (Å²) in [6.45, 7) is 0. The molecule has 0 aromatic carbocycles. The summed E-state index contributed by atoms with van der Waals surface area (Å²) in [7, 11) is 1.70. The van der Waals surface area contributed by atoms with Crippen LogP contribution in [0.25, 0.3) is 5.65 Å². The van der Waals surface area contributed by atoms with Crippen molar-refractivity contribution < 1.29 is 0 Å². The van der Waals surface area contributed by atoms with Gasteiger partial charge in [-0.1, -0.05) is 6.07 Å². The second kappa shape index (κ2) is 2.90. The molecule has 0 unspecified atom stereocenters. The maximum Gasteiger partial charge on any atom is 0.281 e. The highest BCUT2D eigenvalue weighted by molar-refractivity contribution is 5.45. The maximum absolute atomic E-state index is 11.6. The molecule has 1 N–H and O–H groups in total. The largest absolute Gasteiger partial charge is 0.382 e. The Morgan fingerprint density at radius 1 is 1.46 bits per heavy atom. The molecule has 0 fully saturated rings. The van der Waals surface area contributed by atoms with Gasteiger partial charge in [0, 0.05) is 13.2 Å². The van der Waals surface area contributed by atoms with E-state index in [-0.39, 0.29) is 5.56 Å². The lowest BCUT2D eigenvalue weighted by atomic mass is 10.4. The van der Waals surface area contributed by atoms with Gasteiger partial charge in [0.05, 0.1) is 6.20 Å². The quantitative estimate of drug-likeness (QED) is 0.695. The average Bonchev–Trinajstić information content (AvgIpc) is 2.19. The van der Waals surface area contributed by atoms with Gasteiger partial charge in [-0.3, -0.25) is 9.20 Å². The van der Waals surface area contributed by atoms with E-state index in [0.29, 0.717) is 11.3 Å². The summed E-state index contributed by atoms with van der Waals surface area (Å²) in [4.78, 5) is 15.7. The van der Waals surface area contributed by atoms with E-state index in [2.05, 4.69) is 10.3 Å². The molecule has 2 rings (SSSR count). The minimum atomic E-state index is -0.0758. The van der Waals surface area contributed by atoms with Crippen LogP contribution >= 0.6 is 0 Å². The fraction of sp³-hybridized carbons (Fsp3) is 0.111. The number of rotatable bonds is 1. The first-order chi connectivity index (χ1) is 6.33. The number of nitrogens with one attached hydrogen (secondary N) is 1. The Labute approximate surface area is 74.9 Å². The van der Waals surface area contributed by atoms with E-state index in [0.717, 1.165) is 0 Å². The highest BCUT2D eigenvalue weighted by atomic mass is 16.1. The molecule has 0 amide bonds. The fourth-order valence-corrected chi connectivity index (χ4v) is 1.20. The van der Waals surface area contributed by atoms with E-state index in [4.69, 9.17) is 0 Å².